The van der Waals surface area contributed by atoms with Crippen molar-refractivity contribution in [2.24, 2.45) is 5.92 Å². The topological polar surface area (TPSA) is 49.2 Å². The molecule has 2 heterocycles. The zero-order chi connectivity index (χ0) is 16.9. The Morgan fingerprint density at radius 1 is 1.25 bits per heavy atom. The molecule has 1 fully saturated rings. The third-order valence-corrected chi connectivity index (χ3v) is 4.70. The number of hydrogen-bond acceptors (Lipinski definition) is 4. The van der Waals surface area contributed by atoms with E-state index >= 15 is 0 Å². The van der Waals surface area contributed by atoms with Gasteiger partial charge in [-0.05, 0) is 24.5 Å². The maximum Gasteiger partial charge on any atom is 0.127 e. The molecule has 1 saturated heterocycles. The Morgan fingerprint density at radius 3 is 2.71 bits per heavy atom. The monoisotopic (exact) mass is 329 g/mol. The number of halogens is 1. The van der Waals surface area contributed by atoms with Crippen molar-refractivity contribution in [3.05, 3.63) is 59.4 Å². The second-order valence-corrected chi connectivity index (χ2v) is 6.51. The van der Waals surface area contributed by atoms with Crippen LogP contribution in [0.2, 0.25) is 0 Å². The maximum atomic E-state index is 13.9. The fraction of sp³-hybridized carbons (Fsp3) is 0.474. The number of aryl methyl sites for hydroxylation is 1. The van der Waals surface area contributed by atoms with Crippen LogP contribution in [0.15, 0.2) is 36.7 Å². The molecule has 128 valence electrons. The summed E-state index contributed by atoms with van der Waals surface area (Å²) >= 11 is 0. The number of rotatable bonds is 5. The van der Waals surface area contributed by atoms with E-state index < -0.39 is 0 Å². The number of likely N-dealkylation sites (tertiary alicyclic amines) is 1. The Hall–Kier alpha value is -1.85. The number of aliphatic hydroxyl groups excluding tert-OH is 1. The number of benzene rings is 1. The fourth-order valence-electron chi connectivity index (χ4n) is 3.29. The zero-order valence-corrected chi connectivity index (χ0v) is 14.0. The normalized spacial score (nSPS) is 21.8. The minimum Gasteiger partial charge on any atom is -0.393 e. The van der Waals surface area contributed by atoms with Crippen LogP contribution in [0, 0.1) is 11.7 Å². The summed E-state index contributed by atoms with van der Waals surface area (Å²) in [5, 5.41) is 10.3. The van der Waals surface area contributed by atoms with Gasteiger partial charge in [0.15, 0.2) is 0 Å². The van der Waals surface area contributed by atoms with Crippen LogP contribution in [0.5, 0.6) is 0 Å². The molecule has 0 bridgehead atoms. The highest BCUT2D eigenvalue weighted by atomic mass is 19.1. The van der Waals surface area contributed by atoms with Crippen LogP contribution in [0.3, 0.4) is 0 Å². The molecule has 4 nitrogen and oxygen atoms in total. The highest BCUT2D eigenvalue weighted by Crippen LogP contribution is 2.23. The Labute approximate surface area is 142 Å². The van der Waals surface area contributed by atoms with Crippen molar-refractivity contribution in [3.63, 3.8) is 0 Å². The average molecular weight is 329 g/mol. The van der Waals surface area contributed by atoms with E-state index in [9.17, 15) is 9.50 Å². The summed E-state index contributed by atoms with van der Waals surface area (Å²) in [5.74, 6) is 0.710. The molecule has 24 heavy (non-hydrogen) atoms. The Kier molecular flexibility index (Phi) is 5.53. The van der Waals surface area contributed by atoms with Crippen molar-refractivity contribution in [1.82, 2.24) is 14.9 Å². The lowest BCUT2D eigenvalue weighted by molar-refractivity contribution is 0.0235. The van der Waals surface area contributed by atoms with Gasteiger partial charge in [0.1, 0.15) is 11.6 Å². The van der Waals surface area contributed by atoms with Crippen molar-refractivity contribution in [1.29, 1.82) is 0 Å². The Bertz CT molecular complexity index is 662. The maximum absolute atomic E-state index is 13.9. The molecule has 0 unspecified atom stereocenters. The highest BCUT2D eigenvalue weighted by molar-refractivity contribution is 5.18. The van der Waals surface area contributed by atoms with Gasteiger partial charge in [0.25, 0.3) is 0 Å². The first-order valence-electron chi connectivity index (χ1n) is 8.59. The summed E-state index contributed by atoms with van der Waals surface area (Å²) in [6, 6.07) is 6.83. The molecular formula is C19H24FN3O. The second-order valence-electron chi connectivity index (χ2n) is 6.51. The smallest absolute Gasteiger partial charge is 0.127 e. The van der Waals surface area contributed by atoms with Gasteiger partial charge in [-0.15, -0.1) is 0 Å². The first-order chi connectivity index (χ1) is 11.7. The van der Waals surface area contributed by atoms with E-state index in [1.807, 2.05) is 25.4 Å². The van der Waals surface area contributed by atoms with E-state index in [4.69, 9.17) is 0 Å². The molecule has 1 aliphatic rings. The van der Waals surface area contributed by atoms with Crippen LogP contribution in [0.1, 0.15) is 30.3 Å². The molecule has 0 amide bonds. The third kappa shape index (κ3) is 4.16. The van der Waals surface area contributed by atoms with Gasteiger partial charge in [-0.25, -0.2) is 14.4 Å². The molecule has 2 atom stereocenters. The molecule has 0 saturated carbocycles. The van der Waals surface area contributed by atoms with Gasteiger partial charge in [0.05, 0.1) is 6.10 Å². The molecule has 1 aliphatic heterocycles. The molecule has 1 aromatic carbocycles. The van der Waals surface area contributed by atoms with E-state index in [1.165, 1.54) is 6.07 Å². The molecule has 0 aliphatic carbocycles. The Balaban J connectivity index is 1.63. The van der Waals surface area contributed by atoms with Crippen molar-refractivity contribution >= 4 is 0 Å². The van der Waals surface area contributed by atoms with Crippen LogP contribution < -0.4 is 0 Å². The van der Waals surface area contributed by atoms with Gasteiger partial charge >= 0.3 is 0 Å². The molecule has 0 radical (unpaired) electrons. The number of nitrogens with zero attached hydrogens (tertiary/aromatic N) is 3. The standard InChI is InChI=1S/C19H24FN3O/c1-2-19-21-10-14(11-22-19)12-23-8-7-18(24)16(13-23)9-15-5-3-4-6-17(15)20/h3-6,10-11,16,18,24H,2,7-9,12-13H2,1H3/t16-,18-/m1/s1. The SMILES string of the molecule is CCc1ncc(CN2CC[C@@H](O)[C@H](Cc3ccccc3F)C2)cn1. The quantitative estimate of drug-likeness (QED) is 0.916. The predicted octanol–water partition coefficient (Wildman–Crippen LogP) is 2.60. The minimum atomic E-state index is -0.375. The van der Waals surface area contributed by atoms with Gasteiger partial charge in [-0.3, -0.25) is 4.90 Å². The van der Waals surface area contributed by atoms with Crippen molar-refractivity contribution in [2.75, 3.05) is 13.1 Å². The average Bonchev–Trinajstić information content (AvgIpc) is 2.60. The van der Waals surface area contributed by atoms with Gasteiger partial charge in [0.2, 0.25) is 0 Å². The lowest BCUT2D eigenvalue weighted by atomic mass is 9.88. The van der Waals surface area contributed by atoms with Gasteiger partial charge in [-0.2, -0.15) is 0 Å². The lowest BCUT2D eigenvalue weighted by Gasteiger charge is -2.36. The van der Waals surface area contributed by atoms with Crippen LogP contribution >= 0.6 is 0 Å². The fourth-order valence-corrected chi connectivity index (χ4v) is 3.29. The van der Waals surface area contributed by atoms with E-state index in [-0.39, 0.29) is 17.8 Å². The highest BCUT2D eigenvalue weighted by Gasteiger charge is 2.28. The van der Waals surface area contributed by atoms with Gasteiger partial charge in [0, 0.05) is 49.9 Å². The molecule has 2 aromatic rings. The summed E-state index contributed by atoms with van der Waals surface area (Å²) in [7, 11) is 0. The molecule has 1 N–H and O–H groups in total. The van der Waals surface area contributed by atoms with Crippen molar-refractivity contribution in [2.45, 2.75) is 38.8 Å². The lowest BCUT2D eigenvalue weighted by Crippen LogP contribution is -2.43. The second kappa shape index (κ2) is 7.81. The Morgan fingerprint density at radius 2 is 2.00 bits per heavy atom. The van der Waals surface area contributed by atoms with E-state index in [0.29, 0.717) is 18.4 Å². The van der Waals surface area contributed by atoms with E-state index in [0.717, 1.165) is 37.4 Å². The number of aromatic nitrogens is 2. The number of piperidine rings is 1. The summed E-state index contributed by atoms with van der Waals surface area (Å²) in [6.07, 6.45) is 5.49. The largest absolute Gasteiger partial charge is 0.393 e. The summed E-state index contributed by atoms with van der Waals surface area (Å²) in [6.45, 7) is 4.40. The van der Waals surface area contributed by atoms with E-state index in [2.05, 4.69) is 14.9 Å². The van der Waals surface area contributed by atoms with Crippen LogP contribution in [0.4, 0.5) is 4.39 Å². The minimum absolute atomic E-state index is 0.0477. The summed E-state index contributed by atoms with van der Waals surface area (Å²) in [4.78, 5) is 11.0. The van der Waals surface area contributed by atoms with Crippen LogP contribution in [0.25, 0.3) is 0 Å². The molecule has 3 rings (SSSR count). The molecule has 5 heteroatoms. The summed E-state index contributed by atoms with van der Waals surface area (Å²) < 4.78 is 13.9. The first kappa shape index (κ1) is 17.0. The number of hydrogen-bond donors (Lipinski definition) is 1. The molecule has 1 aromatic heterocycles. The van der Waals surface area contributed by atoms with Crippen LogP contribution in [-0.4, -0.2) is 39.2 Å². The van der Waals surface area contributed by atoms with Crippen LogP contribution in [-0.2, 0) is 19.4 Å². The van der Waals surface area contributed by atoms with Gasteiger partial charge in [-0.1, -0.05) is 25.1 Å². The van der Waals surface area contributed by atoms with Crippen molar-refractivity contribution < 1.29 is 9.50 Å². The van der Waals surface area contributed by atoms with Crippen molar-refractivity contribution in [3.8, 4) is 0 Å². The van der Waals surface area contributed by atoms with Gasteiger partial charge < -0.3 is 5.11 Å². The van der Waals surface area contributed by atoms with E-state index in [1.54, 1.807) is 12.1 Å². The first-order valence-corrected chi connectivity index (χ1v) is 8.59. The number of aliphatic hydroxyl groups is 1. The predicted molar refractivity (Wildman–Crippen MR) is 90.9 cm³/mol. The molecule has 0 spiro atoms. The summed E-state index contributed by atoms with van der Waals surface area (Å²) in [5.41, 5.74) is 1.76. The molecular weight excluding hydrogens is 305 g/mol. The third-order valence-electron chi connectivity index (χ3n) is 4.70. The zero-order valence-electron chi connectivity index (χ0n) is 14.0.